The molecular weight excluding hydrogens is 386 g/mol. The Morgan fingerprint density at radius 3 is 2.58 bits per heavy atom. The quantitative estimate of drug-likeness (QED) is 0.705. The van der Waals surface area contributed by atoms with Gasteiger partial charge in [-0.2, -0.15) is 0 Å². The lowest BCUT2D eigenvalue weighted by atomic mass is 10.0. The highest BCUT2D eigenvalue weighted by molar-refractivity contribution is 5.93. The summed E-state index contributed by atoms with van der Waals surface area (Å²) in [6, 6.07) is 14.0. The number of carbonyl (C=O) groups excluding carboxylic acids is 2. The minimum Gasteiger partial charge on any atom is -0.339 e. The van der Waals surface area contributed by atoms with Gasteiger partial charge in [0.25, 0.3) is 0 Å². The third kappa shape index (κ3) is 5.69. The standard InChI is InChI=1S/C26H29N3O2/c30-25(29-17-6-11-22(16-18-29)21-7-2-1-3-8-21)15-13-20-12-14-24(27-19-20)28-26(31)23-9-4-5-10-23/h1-3,7-8,11-15,19,23H,4-6,9-10,16-18H2,(H,27,28,31). The smallest absolute Gasteiger partial charge is 0.246 e. The van der Waals surface area contributed by atoms with Crippen molar-refractivity contribution in [3.05, 3.63) is 71.9 Å². The summed E-state index contributed by atoms with van der Waals surface area (Å²) in [5.41, 5.74) is 3.38. The van der Waals surface area contributed by atoms with E-state index in [2.05, 4.69) is 28.5 Å². The number of hydrogen-bond acceptors (Lipinski definition) is 3. The van der Waals surface area contributed by atoms with Crippen LogP contribution in [-0.4, -0.2) is 34.8 Å². The molecule has 1 aromatic heterocycles. The molecule has 0 radical (unpaired) electrons. The molecule has 0 unspecified atom stereocenters. The molecule has 1 saturated carbocycles. The lowest BCUT2D eigenvalue weighted by Crippen LogP contribution is -2.30. The van der Waals surface area contributed by atoms with Gasteiger partial charge in [0.1, 0.15) is 5.82 Å². The van der Waals surface area contributed by atoms with Crippen molar-refractivity contribution in [2.24, 2.45) is 5.92 Å². The Kier molecular flexibility index (Phi) is 6.92. The summed E-state index contributed by atoms with van der Waals surface area (Å²) in [6.07, 6.45) is 13.2. The lowest BCUT2D eigenvalue weighted by Gasteiger charge is -2.18. The van der Waals surface area contributed by atoms with Crippen LogP contribution in [0.1, 0.15) is 49.7 Å². The van der Waals surface area contributed by atoms with Gasteiger partial charge in [0.15, 0.2) is 0 Å². The number of nitrogens with one attached hydrogen (secondary N) is 1. The van der Waals surface area contributed by atoms with Crippen LogP contribution >= 0.6 is 0 Å². The first-order valence-corrected chi connectivity index (χ1v) is 11.2. The minimum absolute atomic E-state index is 0.0151. The molecule has 2 heterocycles. The van der Waals surface area contributed by atoms with Crippen molar-refractivity contribution >= 4 is 29.3 Å². The Labute approximate surface area is 183 Å². The van der Waals surface area contributed by atoms with Crippen LogP contribution in [0.5, 0.6) is 0 Å². The zero-order valence-electron chi connectivity index (χ0n) is 17.8. The van der Waals surface area contributed by atoms with Crippen molar-refractivity contribution in [3.63, 3.8) is 0 Å². The number of anilines is 1. The van der Waals surface area contributed by atoms with E-state index >= 15 is 0 Å². The van der Waals surface area contributed by atoms with Gasteiger partial charge in [-0.1, -0.05) is 49.2 Å². The van der Waals surface area contributed by atoms with Crippen LogP contribution in [0, 0.1) is 5.92 Å². The summed E-state index contributed by atoms with van der Waals surface area (Å²) in [5, 5.41) is 2.90. The number of benzene rings is 1. The zero-order valence-corrected chi connectivity index (χ0v) is 17.8. The minimum atomic E-state index is 0.0151. The maximum atomic E-state index is 12.7. The van der Waals surface area contributed by atoms with Gasteiger partial charge in [0, 0.05) is 31.3 Å². The fraction of sp³-hybridized carbons (Fsp3) is 0.346. The van der Waals surface area contributed by atoms with Crippen molar-refractivity contribution in [2.75, 3.05) is 18.4 Å². The molecule has 31 heavy (non-hydrogen) atoms. The van der Waals surface area contributed by atoms with Crippen molar-refractivity contribution in [2.45, 2.75) is 38.5 Å². The number of aromatic nitrogens is 1. The molecule has 5 heteroatoms. The predicted molar refractivity (Wildman–Crippen MR) is 124 cm³/mol. The van der Waals surface area contributed by atoms with Crippen LogP contribution in [0.25, 0.3) is 11.6 Å². The third-order valence-electron chi connectivity index (χ3n) is 6.08. The van der Waals surface area contributed by atoms with E-state index in [0.717, 1.165) is 50.6 Å². The molecule has 4 rings (SSSR count). The molecule has 2 aliphatic rings. The second-order valence-corrected chi connectivity index (χ2v) is 8.24. The summed E-state index contributed by atoms with van der Waals surface area (Å²) < 4.78 is 0. The molecule has 0 atom stereocenters. The number of nitrogens with zero attached hydrogens (tertiary/aromatic N) is 2. The molecule has 1 aliphatic carbocycles. The maximum absolute atomic E-state index is 12.7. The van der Waals surface area contributed by atoms with Gasteiger partial charge in [-0.3, -0.25) is 9.59 Å². The summed E-state index contributed by atoms with van der Waals surface area (Å²) in [6.45, 7) is 1.44. The highest BCUT2D eigenvalue weighted by atomic mass is 16.2. The first-order chi connectivity index (χ1) is 15.2. The van der Waals surface area contributed by atoms with Gasteiger partial charge in [0.05, 0.1) is 0 Å². The lowest BCUT2D eigenvalue weighted by molar-refractivity contribution is -0.125. The van der Waals surface area contributed by atoms with Crippen molar-refractivity contribution < 1.29 is 9.59 Å². The molecule has 0 bridgehead atoms. The Balaban J connectivity index is 1.29. The first-order valence-electron chi connectivity index (χ1n) is 11.2. The number of pyridine rings is 1. The van der Waals surface area contributed by atoms with Crippen molar-refractivity contribution in [1.29, 1.82) is 0 Å². The van der Waals surface area contributed by atoms with E-state index in [4.69, 9.17) is 0 Å². The van der Waals surface area contributed by atoms with Gasteiger partial charge in [-0.25, -0.2) is 4.98 Å². The third-order valence-corrected chi connectivity index (χ3v) is 6.08. The number of rotatable bonds is 5. The molecule has 1 aromatic carbocycles. The van der Waals surface area contributed by atoms with Gasteiger partial charge in [-0.05, 0) is 60.6 Å². The monoisotopic (exact) mass is 415 g/mol. The van der Waals surface area contributed by atoms with E-state index in [-0.39, 0.29) is 17.7 Å². The molecule has 2 aromatic rings. The second-order valence-electron chi connectivity index (χ2n) is 8.24. The van der Waals surface area contributed by atoms with Crippen LogP contribution < -0.4 is 5.32 Å². The molecule has 1 aliphatic heterocycles. The zero-order chi connectivity index (χ0) is 21.5. The first kappa shape index (κ1) is 21.0. The predicted octanol–water partition coefficient (Wildman–Crippen LogP) is 4.93. The SMILES string of the molecule is O=C(Nc1ccc(C=CC(=O)N2CCC=C(c3ccccc3)CC2)cn1)C1CCCC1. The molecule has 1 fully saturated rings. The number of carbonyl (C=O) groups is 2. The molecule has 2 amide bonds. The Morgan fingerprint density at radius 2 is 1.84 bits per heavy atom. The molecule has 5 nitrogen and oxygen atoms in total. The second kappa shape index (κ2) is 10.2. The van der Waals surface area contributed by atoms with Gasteiger partial charge < -0.3 is 10.2 Å². The fourth-order valence-electron chi connectivity index (χ4n) is 4.27. The van der Waals surface area contributed by atoms with Crippen LogP contribution in [0.15, 0.2) is 60.8 Å². The molecule has 160 valence electrons. The highest BCUT2D eigenvalue weighted by Gasteiger charge is 2.22. The van der Waals surface area contributed by atoms with E-state index in [1.54, 1.807) is 24.4 Å². The van der Waals surface area contributed by atoms with E-state index in [1.807, 2.05) is 29.2 Å². The topological polar surface area (TPSA) is 62.3 Å². The molecule has 0 saturated heterocycles. The van der Waals surface area contributed by atoms with Crippen LogP contribution in [0.4, 0.5) is 5.82 Å². The van der Waals surface area contributed by atoms with E-state index in [9.17, 15) is 9.59 Å². The Morgan fingerprint density at radius 1 is 1.03 bits per heavy atom. The Hall–Kier alpha value is -3.21. The molecule has 0 spiro atoms. The van der Waals surface area contributed by atoms with Crippen molar-refractivity contribution in [3.8, 4) is 0 Å². The van der Waals surface area contributed by atoms with Crippen LogP contribution in [0.3, 0.4) is 0 Å². The highest BCUT2D eigenvalue weighted by Crippen LogP contribution is 2.26. The van der Waals surface area contributed by atoms with Crippen LogP contribution in [0.2, 0.25) is 0 Å². The van der Waals surface area contributed by atoms with Gasteiger partial charge in [-0.15, -0.1) is 0 Å². The summed E-state index contributed by atoms with van der Waals surface area (Å²) in [5.74, 6) is 0.756. The summed E-state index contributed by atoms with van der Waals surface area (Å²) >= 11 is 0. The van der Waals surface area contributed by atoms with Crippen LogP contribution in [-0.2, 0) is 9.59 Å². The van der Waals surface area contributed by atoms with E-state index in [1.165, 1.54) is 11.1 Å². The Bertz CT molecular complexity index is 958. The largest absolute Gasteiger partial charge is 0.339 e. The average Bonchev–Trinajstić information content (AvgIpc) is 3.24. The summed E-state index contributed by atoms with van der Waals surface area (Å²) in [7, 11) is 0. The average molecular weight is 416 g/mol. The number of hydrogen-bond donors (Lipinski definition) is 1. The van der Waals surface area contributed by atoms with Crippen molar-refractivity contribution in [1.82, 2.24) is 9.88 Å². The maximum Gasteiger partial charge on any atom is 0.246 e. The van der Waals surface area contributed by atoms with E-state index in [0.29, 0.717) is 12.4 Å². The summed E-state index contributed by atoms with van der Waals surface area (Å²) in [4.78, 5) is 31.1. The number of amides is 2. The van der Waals surface area contributed by atoms with Gasteiger partial charge >= 0.3 is 0 Å². The molecular formula is C26H29N3O2. The fourth-order valence-corrected chi connectivity index (χ4v) is 4.27. The van der Waals surface area contributed by atoms with Gasteiger partial charge in [0.2, 0.25) is 11.8 Å². The normalized spacial score (nSPS) is 17.4. The van der Waals surface area contributed by atoms with E-state index < -0.39 is 0 Å². The molecule has 1 N–H and O–H groups in total.